The molecule has 0 aliphatic carbocycles. The molecule has 0 fully saturated rings. The van der Waals surface area contributed by atoms with Crippen molar-refractivity contribution in [3.05, 3.63) is 9.95 Å². The van der Waals surface area contributed by atoms with Crippen molar-refractivity contribution in [2.24, 2.45) is 0 Å². The van der Waals surface area contributed by atoms with E-state index < -0.39 is 0 Å². The fourth-order valence-corrected chi connectivity index (χ4v) is 2.25. The maximum atomic E-state index is 5.44. The second kappa shape index (κ2) is 7.30. The first-order valence-corrected chi connectivity index (χ1v) is 6.65. The van der Waals surface area contributed by atoms with Gasteiger partial charge in [0.25, 0.3) is 0 Å². The van der Waals surface area contributed by atoms with Gasteiger partial charge in [-0.15, -0.1) is 0 Å². The van der Waals surface area contributed by atoms with Crippen molar-refractivity contribution < 1.29 is 17.1 Å². The summed E-state index contributed by atoms with van der Waals surface area (Å²) < 4.78 is 1.22. The molecule has 0 nitrogen and oxygen atoms in total. The summed E-state index contributed by atoms with van der Waals surface area (Å²) in [7, 11) is 0. The van der Waals surface area contributed by atoms with Gasteiger partial charge in [0, 0.05) is 0 Å². The van der Waals surface area contributed by atoms with Crippen LogP contribution in [0, 0.1) is 6.58 Å². The average Bonchev–Trinajstić information content (AvgIpc) is 1.65. The molecule has 0 radical (unpaired) electrons. The zero-order valence-electron chi connectivity index (χ0n) is 4.20. The molecule has 0 saturated carbocycles. The van der Waals surface area contributed by atoms with Crippen molar-refractivity contribution in [3.63, 3.8) is 0 Å². The molecule has 0 atom stereocenters. The molecule has 0 bridgehead atoms. The SMILES string of the molecule is [CH-]=C([Se]C)[Se]C.[Cu+]. The summed E-state index contributed by atoms with van der Waals surface area (Å²) in [6.07, 6.45) is 0. The van der Waals surface area contributed by atoms with Gasteiger partial charge in [0.2, 0.25) is 0 Å². The quantitative estimate of drug-likeness (QED) is 0.516. The summed E-state index contributed by atoms with van der Waals surface area (Å²) in [5.41, 5.74) is 0. The molecule has 0 unspecified atom stereocenters. The zero-order valence-corrected chi connectivity index (χ0v) is 8.56. The zero-order chi connectivity index (χ0) is 4.99. The third kappa shape index (κ3) is 7.30. The van der Waals surface area contributed by atoms with Crippen molar-refractivity contribution in [1.82, 2.24) is 0 Å². The third-order valence-electron chi connectivity index (χ3n) is 0.402. The Balaban J connectivity index is 0. The Morgan fingerprint density at radius 3 is 1.57 bits per heavy atom. The standard InChI is InChI=1S/C4H7Se2.Cu/c1-4(5-2)6-3;/h1H,2-3H3;/q-1;+1. The van der Waals surface area contributed by atoms with Crippen LogP contribution in [-0.2, 0) is 17.1 Å². The molecule has 0 saturated heterocycles. The first-order chi connectivity index (χ1) is 2.81. The molecule has 0 rings (SSSR count). The van der Waals surface area contributed by atoms with E-state index in [1.54, 1.807) is 0 Å². The van der Waals surface area contributed by atoms with E-state index in [1.807, 2.05) is 0 Å². The average molecular weight is 277 g/mol. The van der Waals surface area contributed by atoms with E-state index in [9.17, 15) is 0 Å². The van der Waals surface area contributed by atoms with E-state index >= 15 is 0 Å². The van der Waals surface area contributed by atoms with Gasteiger partial charge >= 0.3 is 68.6 Å². The largest absolute Gasteiger partial charge is 1.00 e. The molecule has 0 aliphatic rings. The van der Waals surface area contributed by atoms with Gasteiger partial charge in [-0.05, 0) is 0 Å². The number of rotatable bonds is 2. The van der Waals surface area contributed by atoms with E-state index in [4.69, 9.17) is 6.58 Å². The molecule has 0 heterocycles. The predicted molar refractivity (Wildman–Crippen MR) is 31.0 cm³/mol. The minimum Gasteiger partial charge on any atom is 1.00 e. The molecular weight excluding hydrogens is 270 g/mol. The van der Waals surface area contributed by atoms with Gasteiger partial charge in [0.15, 0.2) is 0 Å². The molecule has 0 N–H and O–H groups in total. The summed E-state index contributed by atoms with van der Waals surface area (Å²) in [6.45, 7) is 5.44. The smallest absolute Gasteiger partial charge is 1.00 e. The Hall–Kier alpha value is 1.30. The minimum absolute atomic E-state index is 0. The van der Waals surface area contributed by atoms with E-state index in [0.29, 0.717) is 29.9 Å². The summed E-state index contributed by atoms with van der Waals surface area (Å²) in [5.74, 6) is 4.29. The van der Waals surface area contributed by atoms with Gasteiger partial charge < -0.3 is 0 Å². The van der Waals surface area contributed by atoms with Gasteiger partial charge in [-0.2, -0.15) is 0 Å². The molecule has 0 amide bonds. The molecule has 46 valence electrons. The van der Waals surface area contributed by atoms with Crippen LogP contribution in [0.3, 0.4) is 0 Å². The monoisotopic (exact) mass is 278 g/mol. The summed E-state index contributed by atoms with van der Waals surface area (Å²) in [5, 5.41) is 0. The number of hydrogen-bond donors (Lipinski definition) is 0. The topological polar surface area (TPSA) is 0 Å². The van der Waals surface area contributed by atoms with Crippen molar-refractivity contribution in [1.29, 1.82) is 0 Å². The molecule has 3 heteroatoms. The van der Waals surface area contributed by atoms with Crippen LogP contribution in [0.25, 0.3) is 0 Å². The van der Waals surface area contributed by atoms with Crippen LogP contribution < -0.4 is 0 Å². The second-order valence-corrected chi connectivity index (χ2v) is 5.60. The molecule has 0 spiro atoms. The van der Waals surface area contributed by atoms with Crippen LogP contribution in [0.2, 0.25) is 11.6 Å². The van der Waals surface area contributed by atoms with Crippen LogP contribution in [0.4, 0.5) is 0 Å². The summed E-state index contributed by atoms with van der Waals surface area (Å²) in [4.78, 5) is 0. The van der Waals surface area contributed by atoms with Crippen LogP contribution in [0.1, 0.15) is 0 Å². The van der Waals surface area contributed by atoms with Crippen LogP contribution in [-0.4, -0.2) is 29.9 Å². The van der Waals surface area contributed by atoms with Crippen LogP contribution >= 0.6 is 0 Å². The van der Waals surface area contributed by atoms with Crippen LogP contribution in [0.15, 0.2) is 3.37 Å². The Kier molecular flexibility index (Phi) is 11.6. The first-order valence-electron chi connectivity index (χ1n) is 1.51. The number of hydrogen-bond acceptors (Lipinski definition) is 0. The summed E-state index contributed by atoms with van der Waals surface area (Å²) in [6, 6.07) is 0. The van der Waals surface area contributed by atoms with E-state index in [-0.39, 0.29) is 17.1 Å². The van der Waals surface area contributed by atoms with Gasteiger partial charge in [-0.3, -0.25) is 0 Å². The van der Waals surface area contributed by atoms with Gasteiger partial charge in [0.1, 0.15) is 0 Å². The molecular formula is C4H7CuSe2. The van der Waals surface area contributed by atoms with Crippen LogP contribution in [0.5, 0.6) is 0 Å². The van der Waals surface area contributed by atoms with Gasteiger partial charge in [-0.25, -0.2) is 0 Å². The first kappa shape index (κ1) is 11.1. The molecule has 7 heavy (non-hydrogen) atoms. The van der Waals surface area contributed by atoms with Gasteiger partial charge in [0.05, 0.1) is 0 Å². The van der Waals surface area contributed by atoms with Crippen molar-refractivity contribution >= 4 is 29.9 Å². The minimum atomic E-state index is 0. The van der Waals surface area contributed by atoms with E-state index in [0.717, 1.165) is 0 Å². The van der Waals surface area contributed by atoms with Gasteiger partial charge in [-0.1, -0.05) is 0 Å². The fourth-order valence-electron chi connectivity index (χ4n) is 0.0833. The van der Waals surface area contributed by atoms with E-state index in [2.05, 4.69) is 11.6 Å². The van der Waals surface area contributed by atoms with Crippen molar-refractivity contribution in [2.75, 3.05) is 0 Å². The summed E-state index contributed by atoms with van der Waals surface area (Å²) >= 11 is 1.21. The Morgan fingerprint density at radius 2 is 1.57 bits per heavy atom. The predicted octanol–water partition coefficient (Wildman–Crippen LogP) is 0.763. The molecule has 0 aromatic heterocycles. The van der Waals surface area contributed by atoms with E-state index in [1.165, 1.54) is 3.37 Å². The maximum Gasteiger partial charge on any atom is 1.00 e. The Bertz CT molecular complexity index is 47.7. The molecule has 0 aliphatic heterocycles. The Morgan fingerprint density at radius 1 is 1.29 bits per heavy atom. The normalized spacial score (nSPS) is 7.14. The second-order valence-electron chi connectivity index (χ2n) is 0.727. The molecule has 0 aromatic carbocycles. The van der Waals surface area contributed by atoms with Crippen molar-refractivity contribution in [2.45, 2.75) is 11.6 Å². The molecule has 0 aromatic rings. The van der Waals surface area contributed by atoms with Crippen molar-refractivity contribution in [3.8, 4) is 0 Å². The fraction of sp³-hybridized carbons (Fsp3) is 0.500. The Labute approximate surface area is 68.3 Å². The third-order valence-corrected chi connectivity index (χ3v) is 5.72. The maximum absolute atomic E-state index is 5.44.